The molecule has 0 atom stereocenters. The molecule has 5 N–H and O–H groups in total. The van der Waals surface area contributed by atoms with E-state index in [0.717, 1.165) is 5.39 Å². The average Bonchev–Trinajstić information content (AvgIpc) is 2.73. The van der Waals surface area contributed by atoms with Gasteiger partial charge in [0.05, 0.1) is 18.1 Å². The third-order valence-corrected chi connectivity index (χ3v) is 2.54. The summed E-state index contributed by atoms with van der Waals surface area (Å²) in [5.74, 6) is 0.626. The minimum Gasteiger partial charge on any atom is -0.368 e. The number of amides is 1. The number of aromatic nitrogens is 4. The van der Waals surface area contributed by atoms with Gasteiger partial charge >= 0.3 is 0 Å². The molecule has 1 amide bonds. The first-order chi connectivity index (χ1) is 8.97. The van der Waals surface area contributed by atoms with Crippen molar-refractivity contribution in [2.45, 2.75) is 13.8 Å². The van der Waals surface area contributed by atoms with Gasteiger partial charge in [0.25, 0.3) is 0 Å². The van der Waals surface area contributed by atoms with Crippen molar-refractivity contribution in [1.29, 1.82) is 0 Å². The Balaban J connectivity index is 2.47. The number of anilines is 2. The molecule has 8 heteroatoms. The third-order valence-electron chi connectivity index (χ3n) is 2.54. The molecule has 2 aromatic heterocycles. The lowest BCUT2D eigenvalue weighted by Crippen LogP contribution is -2.37. The van der Waals surface area contributed by atoms with Crippen LogP contribution in [0, 0.1) is 5.92 Å². The molecule has 19 heavy (non-hydrogen) atoms. The van der Waals surface area contributed by atoms with Crippen LogP contribution in [0.1, 0.15) is 13.8 Å². The quantitative estimate of drug-likeness (QED) is 0.690. The lowest BCUT2D eigenvalue weighted by molar-refractivity contribution is -0.116. The molecule has 0 aliphatic heterocycles. The molecule has 0 aliphatic rings. The van der Waals surface area contributed by atoms with E-state index in [2.05, 4.69) is 20.2 Å². The van der Waals surface area contributed by atoms with Crippen LogP contribution in [-0.2, 0) is 4.79 Å². The number of hydrogen-bond acceptors (Lipinski definition) is 6. The summed E-state index contributed by atoms with van der Waals surface area (Å²) in [5.41, 5.74) is 11.5. The molecule has 0 spiro atoms. The first-order valence-corrected chi connectivity index (χ1v) is 5.97. The molecule has 0 bridgehead atoms. The van der Waals surface area contributed by atoms with E-state index in [-0.39, 0.29) is 12.5 Å². The molecule has 0 aliphatic carbocycles. The van der Waals surface area contributed by atoms with E-state index >= 15 is 0 Å². The molecule has 102 valence electrons. The molecule has 2 heterocycles. The molecular weight excluding hydrogens is 246 g/mol. The topological polar surface area (TPSA) is 127 Å². The van der Waals surface area contributed by atoms with Crippen molar-refractivity contribution in [2.24, 2.45) is 11.7 Å². The van der Waals surface area contributed by atoms with Crippen LogP contribution in [0.2, 0.25) is 0 Å². The van der Waals surface area contributed by atoms with E-state index in [1.54, 1.807) is 11.1 Å². The summed E-state index contributed by atoms with van der Waals surface area (Å²) < 4.78 is 0. The Bertz CT molecular complexity index is 592. The van der Waals surface area contributed by atoms with Crippen LogP contribution in [0.3, 0.4) is 0 Å². The van der Waals surface area contributed by atoms with Gasteiger partial charge in [-0.15, -0.1) is 0 Å². The number of nitrogens with one attached hydrogen (secondary N) is 1. The van der Waals surface area contributed by atoms with Gasteiger partial charge in [-0.05, 0) is 5.92 Å². The van der Waals surface area contributed by atoms with E-state index in [9.17, 15) is 4.79 Å². The van der Waals surface area contributed by atoms with Gasteiger partial charge in [-0.1, -0.05) is 13.8 Å². The van der Waals surface area contributed by atoms with Gasteiger partial charge in [-0.2, -0.15) is 15.1 Å². The molecule has 2 aromatic rings. The SMILES string of the molecule is CC(C)CN(CC(N)=O)c1nc(N)nc2[nH]ncc12. The van der Waals surface area contributed by atoms with Gasteiger partial charge in [0.1, 0.15) is 5.82 Å². The fourth-order valence-corrected chi connectivity index (χ4v) is 1.93. The summed E-state index contributed by atoms with van der Waals surface area (Å²) in [6.07, 6.45) is 1.61. The van der Waals surface area contributed by atoms with Crippen LogP contribution < -0.4 is 16.4 Å². The highest BCUT2D eigenvalue weighted by molar-refractivity contribution is 5.89. The molecule has 2 rings (SSSR count). The Kier molecular flexibility index (Phi) is 3.50. The van der Waals surface area contributed by atoms with Crippen molar-refractivity contribution in [3.05, 3.63) is 6.20 Å². The molecule has 0 saturated carbocycles. The normalized spacial score (nSPS) is 11.1. The third kappa shape index (κ3) is 2.90. The van der Waals surface area contributed by atoms with Gasteiger partial charge in [0.2, 0.25) is 11.9 Å². The van der Waals surface area contributed by atoms with Crippen LogP contribution in [0.4, 0.5) is 11.8 Å². The fourth-order valence-electron chi connectivity index (χ4n) is 1.93. The highest BCUT2D eigenvalue weighted by Gasteiger charge is 2.17. The predicted octanol–water partition coefficient (Wildman–Crippen LogP) is -0.117. The number of nitrogens with zero attached hydrogens (tertiary/aromatic N) is 4. The number of nitrogen functional groups attached to an aromatic ring is 1. The van der Waals surface area contributed by atoms with Crippen molar-refractivity contribution in [3.63, 3.8) is 0 Å². The summed E-state index contributed by atoms with van der Waals surface area (Å²) in [6.45, 7) is 4.81. The van der Waals surface area contributed by atoms with Gasteiger partial charge < -0.3 is 16.4 Å². The molecule has 8 nitrogen and oxygen atoms in total. The standard InChI is InChI=1S/C11H17N7O/c1-6(2)4-18(5-8(12)19)10-7-3-14-17-9(7)15-11(13)16-10/h3,6H,4-5H2,1-2H3,(H2,12,19)(H3,13,14,15,16,17). The second kappa shape index (κ2) is 5.09. The van der Waals surface area contributed by atoms with E-state index in [1.807, 2.05) is 13.8 Å². The van der Waals surface area contributed by atoms with Crippen LogP contribution in [0.15, 0.2) is 6.20 Å². The van der Waals surface area contributed by atoms with Crippen LogP contribution in [0.5, 0.6) is 0 Å². The van der Waals surface area contributed by atoms with Crippen LogP contribution >= 0.6 is 0 Å². The Hall–Kier alpha value is -2.38. The maximum atomic E-state index is 11.2. The maximum absolute atomic E-state index is 11.2. The smallest absolute Gasteiger partial charge is 0.236 e. The second-order valence-electron chi connectivity index (χ2n) is 4.78. The number of primary amides is 1. The number of fused-ring (bicyclic) bond motifs is 1. The predicted molar refractivity (Wildman–Crippen MR) is 72.3 cm³/mol. The van der Waals surface area contributed by atoms with Gasteiger partial charge in [0.15, 0.2) is 5.65 Å². The zero-order chi connectivity index (χ0) is 14.0. The highest BCUT2D eigenvalue weighted by Crippen LogP contribution is 2.23. The monoisotopic (exact) mass is 263 g/mol. The number of carbonyl (C=O) groups is 1. The van der Waals surface area contributed by atoms with Crippen molar-refractivity contribution in [1.82, 2.24) is 20.2 Å². The van der Waals surface area contributed by atoms with Gasteiger partial charge in [0, 0.05) is 6.54 Å². The largest absolute Gasteiger partial charge is 0.368 e. The number of rotatable bonds is 5. The first-order valence-electron chi connectivity index (χ1n) is 5.97. The molecular formula is C11H17N7O. The van der Waals surface area contributed by atoms with E-state index in [0.29, 0.717) is 23.9 Å². The number of nitrogens with two attached hydrogens (primary N) is 2. The molecule has 0 unspecified atom stereocenters. The molecule has 0 radical (unpaired) electrons. The fraction of sp³-hybridized carbons (Fsp3) is 0.455. The summed E-state index contributed by atoms with van der Waals surface area (Å²) in [5, 5.41) is 7.37. The molecule has 0 fully saturated rings. The summed E-state index contributed by atoms with van der Waals surface area (Å²) in [6, 6.07) is 0. The average molecular weight is 263 g/mol. The lowest BCUT2D eigenvalue weighted by Gasteiger charge is -2.24. The van der Waals surface area contributed by atoms with E-state index in [4.69, 9.17) is 11.5 Å². The van der Waals surface area contributed by atoms with E-state index < -0.39 is 5.91 Å². The second-order valence-corrected chi connectivity index (χ2v) is 4.78. The molecule has 0 saturated heterocycles. The molecule has 0 aromatic carbocycles. The van der Waals surface area contributed by atoms with Crippen molar-refractivity contribution in [2.75, 3.05) is 23.7 Å². The maximum Gasteiger partial charge on any atom is 0.236 e. The summed E-state index contributed by atoms with van der Waals surface area (Å²) in [4.78, 5) is 21.2. The number of carbonyl (C=O) groups excluding carboxylic acids is 1. The zero-order valence-corrected chi connectivity index (χ0v) is 10.9. The van der Waals surface area contributed by atoms with Crippen LogP contribution in [-0.4, -0.2) is 39.2 Å². The Labute approximate surface area is 110 Å². The number of hydrogen-bond donors (Lipinski definition) is 3. The lowest BCUT2D eigenvalue weighted by atomic mass is 10.2. The zero-order valence-electron chi connectivity index (χ0n) is 10.9. The van der Waals surface area contributed by atoms with Crippen LogP contribution in [0.25, 0.3) is 11.0 Å². The van der Waals surface area contributed by atoms with E-state index in [1.165, 1.54) is 0 Å². The minimum absolute atomic E-state index is 0.0783. The van der Waals surface area contributed by atoms with Gasteiger partial charge in [-0.3, -0.25) is 9.89 Å². The Morgan fingerprint density at radius 3 is 2.84 bits per heavy atom. The highest BCUT2D eigenvalue weighted by atomic mass is 16.1. The van der Waals surface area contributed by atoms with Gasteiger partial charge in [-0.25, -0.2) is 0 Å². The summed E-state index contributed by atoms with van der Waals surface area (Å²) >= 11 is 0. The minimum atomic E-state index is -0.422. The van der Waals surface area contributed by atoms with Crippen molar-refractivity contribution >= 4 is 28.7 Å². The first kappa shape index (κ1) is 13.1. The summed E-state index contributed by atoms with van der Waals surface area (Å²) in [7, 11) is 0. The van der Waals surface area contributed by atoms with Crippen molar-refractivity contribution in [3.8, 4) is 0 Å². The Morgan fingerprint density at radius 1 is 1.47 bits per heavy atom. The number of H-pyrrole nitrogens is 1. The Morgan fingerprint density at radius 2 is 2.21 bits per heavy atom. The number of aromatic amines is 1. The van der Waals surface area contributed by atoms with Crippen molar-refractivity contribution < 1.29 is 4.79 Å².